The number of imide groups is 1. The summed E-state index contributed by atoms with van der Waals surface area (Å²) in [6.07, 6.45) is 2.85. The number of para-hydroxylation sites is 2. The monoisotopic (exact) mass is 521 g/mol. The topological polar surface area (TPSA) is 111 Å². The molecule has 0 radical (unpaired) electrons. The lowest BCUT2D eigenvalue weighted by Crippen LogP contribution is -2.51. The molecule has 2 fully saturated rings. The van der Waals surface area contributed by atoms with Gasteiger partial charge in [0, 0.05) is 31.0 Å². The van der Waals surface area contributed by atoms with Gasteiger partial charge in [-0.15, -0.1) is 0 Å². The van der Waals surface area contributed by atoms with Crippen molar-refractivity contribution in [2.24, 2.45) is 11.7 Å². The molecule has 2 aliphatic heterocycles. The molecule has 1 saturated heterocycles. The maximum atomic E-state index is 13.8. The minimum atomic E-state index is -0.674. The number of fused-ring (bicyclic) bond motifs is 1. The average Bonchev–Trinajstić information content (AvgIpc) is 2.93. The minimum Gasteiger partial charge on any atom is -0.496 e. The van der Waals surface area contributed by atoms with Crippen molar-refractivity contribution in [3.8, 4) is 5.75 Å². The first-order chi connectivity index (χ1) is 18.4. The molecular formula is C29H35N3O6. The molecule has 2 aromatic rings. The molecule has 0 spiro atoms. The number of nitrogens with two attached hydrogens (primary N) is 1. The minimum absolute atomic E-state index is 0.000848. The molecule has 0 bridgehead atoms. The van der Waals surface area contributed by atoms with Crippen molar-refractivity contribution in [1.29, 1.82) is 0 Å². The number of methoxy groups -OCH3 is 1. The lowest BCUT2D eigenvalue weighted by atomic mass is 9.84. The van der Waals surface area contributed by atoms with E-state index in [1.165, 1.54) is 6.92 Å². The maximum absolute atomic E-state index is 13.8. The molecule has 3 aliphatic rings. The van der Waals surface area contributed by atoms with Gasteiger partial charge in [0.05, 0.1) is 24.5 Å². The molecule has 2 heterocycles. The number of ether oxygens (including phenoxy) is 3. The van der Waals surface area contributed by atoms with E-state index < -0.39 is 24.3 Å². The number of carbonyl (C=O) groups is 3. The van der Waals surface area contributed by atoms with Gasteiger partial charge >= 0.3 is 6.09 Å². The highest BCUT2D eigenvalue weighted by atomic mass is 16.6. The van der Waals surface area contributed by atoms with Crippen LogP contribution in [0.15, 0.2) is 48.5 Å². The summed E-state index contributed by atoms with van der Waals surface area (Å²) in [5.41, 5.74) is 7.94. The van der Waals surface area contributed by atoms with Gasteiger partial charge in [0.15, 0.2) is 0 Å². The number of nitrogens with zero attached hydrogens (tertiary/aromatic N) is 2. The summed E-state index contributed by atoms with van der Waals surface area (Å²) in [6.45, 7) is 1.78. The number of hydrogen-bond donors (Lipinski definition) is 1. The van der Waals surface area contributed by atoms with Crippen LogP contribution in [0, 0.1) is 5.92 Å². The van der Waals surface area contributed by atoms with Crippen molar-refractivity contribution >= 4 is 23.6 Å². The second-order valence-electron chi connectivity index (χ2n) is 10.3. The number of hydrogen-bond acceptors (Lipinski definition) is 7. The number of piperidine rings is 1. The highest BCUT2D eigenvalue weighted by Gasteiger charge is 2.44. The van der Waals surface area contributed by atoms with Crippen molar-refractivity contribution in [2.45, 2.75) is 69.9 Å². The van der Waals surface area contributed by atoms with Crippen molar-refractivity contribution in [3.05, 3.63) is 59.7 Å². The predicted molar refractivity (Wildman–Crippen MR) is 141 cm³/mol. The number of rotatable bonds is 5. The second kappa shape index (κ2) is 11.1. The Balaban J connectivity index is 1.42. The van der Waals surface area contributed by atoms with E-state index in [-0.39, 0.29) is 24.0 Å². The first-order valence-electron chi connectivity index (χ1n) is 13.3. The number of carbonyl (C=O) groups excluding carboxylic acids is 3. The molecule has 9 heteroatoms. The zero-order valence-corrected chi connectivity index (χ0v) is 21.9. The molecule has 3 atom stereocenters. The Kier molecular flexibility index (Phi) is 7.67. The molecule has 5 rings (SSSR count). The largest absolute Gasteiger partial charge is 0.496 e. The van der Waals surface area contributed by atoms with Crippen LogP contribution in [0.25, 0.3) is 0 Å². The van der Waals surface area contributed by atoms with Crippen LogP contribution in [0.2, 0.25) is 0 Å². The molecule has 38 heavy (non-hydrogen) atoms. The Bertz CT molecular complexity index is 1190. The highest BCUT2D eigenvalue weighted by molar-refractivity contribution is 6.12. The van der Waals surface area contributed by atoms with Crippen molar-refractivity contribution in [1.82, 2.24) is 4.90 Å². The van der Waals surface area contributed by atoms with Gasteiger partial charge in [-0.1, -0.05) is 30.3 Å². The SMILES string of the molecule is COc1ccccc1C(=O)N1CCC(C2OC(=O)N(C(C)=O)c3ccccc32)CC1O[C@H]1CC[C@@H](N)CC1. The van der Waals surface area contributed by atoms with Crippen LogP contribution in [0.1, 0.15) is 67.5 Å². The van der Waals surface area contributed by atoms with Gasteiger partial charge in [0.1, 0.15) is 18.1 Å². The third-order valence-electron chi connectivity index (χ3n) is 7.90. The summed E-state index contributed by atoms with van der Waals surface area (Å²) in [7, 11) is 1.55. The highest BCUT2D eigenvalue weighted by Crippen LogP contribution is 2.44. The predicted octanol–water partition coefficient (Wildman–Crippen LogP) is 4.40. The number of amides is 3. The van der Waals surface area contributed by atoms with Crippen LogP contribution >= 0.6 is 0 Å². The Morgan fingerprint density at radius 3 is 2.45 bits per heavy atom. The summed E-state index contributed by atoms with van der Waals surface area (Å²) in [5, 5.41) is 0. The van der Waals surface area contributed by atoms with Crippen LogP contribution in [-0.2, 0) is 14.3 Å². The van der Waals surface area contributed by atoms with Crippen molar-refractivity contribution in [3.63, 3.8) is 0 Å². The summed E-state index contributed by atoms with van der Waals surface area (Å²) in [5.74, 6) is -0.120. The van der Waals surface area contributed by atoms with Crippen LogP contribution < -0.4 is 15.4 Å². The van der Waals surface area contributed by atoms with Crippen LogP contribution in [0.5, 0.6) is 5.75 Å². The van der Waals surface area contributed by atoms with Crippen LogP contribution in [0.4, 0.5) is 10.5 Å². The molecule has 202 valence electrons. The zero-order chi connectivity index (χ0) is 26.8. The van der Waals surface area contributed by atoms with E-state index in [1.807, 2.05) is 24.3 Å². The fourth-order valence-electron chi connectivity index (χ4n) is 5.92. The Morgan fingerprint density at radius 2 is 1.71 bits per heavy atom. The maximum Gasteiger partial charge on any atom is 0.421 e. The molecule has 1 aliphatic carbocycles. The third-order valence-corrected chi connectivity index (χ3v) is 7.90. The van der Waals surface area contributed by atoms with Gasteiger partial charge in [-0.05, 0) is 56.7 Å². The van der Waals surface area contributed by atoms with E-state index in [4.69, 9.17) is 19.9 Å². The van der Waals surface area contributed by atoms with Crippen molar-refractivity contribution in [2.75, 3.05) is 18.6 Å². The molecule has 9 nitrogen and oxygen atoms in total. The van der Waals surface area contributed by atoms with Gasteiger partial charge in [-0.25, -0.2) is 9.69 Å². The second-order valence-corrected chi connectivity index (χ2v) is 10.3. The van der Waals surface area contributed by atoms with E-state index >= 15 is 0 Å². The van der Waals surface area contributed by atoms with Crippen LogP contribution in [0.3, 0.4) is 0 Å². The first-order valence-corrected chi connectivity index (χ1v) is 13.3. The summed E-state index contributed by atoms with van der Waals surface area (Å²) in [6, 6.07) is 14.7. The van der Waals surface area contributed by atoms with Crippen molar-refractivity contribution < 1.29 is 28.6 Å². The number of anilines is 1. The fourth-order valence-corrected chi connectivity index (χ4v) is 5.92. The van der Waals surface area contributed by atoms with Gasteiger partial charge < -0.3 is 24.8 Å². The summed E-state index contributed by atoms with van der Waals surface area (Å²) in [4.78, 5) is 41.7. The molecular weight excluding hydrogens is 486 g/mol. The molecule has 1 saturated carbocycles. The Labute approximate surface area is 222 Å². The Hall–Kier alpha value is -3.43. The molecule has 2 N–H and O–H groups in total. The van der Waals surface area contributed by atoms with E-state index in [2.05, 4.69) is 0 Å². The number of benzene rings is 2. The third kappa shape index (κ3) is 5.13. The quantitative estimate of drug-likeness (QED) is 0.621. The Morgan fingerprint density at radius 1 is 1.00 bits per heavy atom. The first kappa shape index (κ1) is 26.2. The number of likely N-dealkylation sites (tertiary alicyclic amines) is 1. The molecule has 0 aromatic heterocycles. The van der Waals surface area contributed by atoms with Gasteiger partial charge in [-0.3, -0.25) is 9.59 Å². The van der Waals surface area contributed by atoms with E-state index in [1.54, 1.807) is 36.3 Å². The average molecular weight is 522 g/mol. The standard InChI is InChI=1S/C29H35N3O6/c1-18(33)32-24-9-5-3-7-22(24)27(38-29(32)35)19-15-16-31(28(34)23-8-4-6-10-25(23)36-2)26(17-19)37-21-13-11-20(30)12-14-21/h3-10,19-21,26-27H,11-17,30H2,1-2H3/t19?,20-,21+,26?,27?. The summed E-state index contributed by atoms with van der Waals surface area (Å²) >= 11 is 0. The normalized spacial score (nSPS) is 27.3. The molecule has 2 aromatic carbocycles. The number of cyclic esters (lactones) is 1. The lowest BCUT2D eigenvalue weighted by molar-refractivity contribution is -0.131. The van der Waals surface area contributed by atoms with E-state index in [9.17, 15) is 14.4 Å². The van der Waals surface area contributed by atoms with Gasteiger partial charge in [0.25, 0.3) is 5.91 Å². The lowest BCUT2D eigenvalue weighted by Gasteiger charge is -2.44. The van der Waals surface area contributed by atoms with E-state index in [0.717, 1.165) is 36.1 Å². The smallest absolute Gasteiger partial charge is 0.421 e. The summed E-state index contributed by atoms with van der Waals surface area (Å²) < 4.78 is 17.9. The molecule has 3 unspecified atom stereocenters. The molecule has 3 amide bonds. The van der Waals surface area contributed by atoms with E-state index in [0.29, 0.717) is 36.4 Å². The van der Waals surface area contributed by atoms with Gasteiger partial charge in [-0.2, -0.15) is 0 Å². The fraction of sp³-hybridized carbons (Fsp3) is 0.483. The zero-order valence-electron chi connectivity index (χ0n) is 21.9. The van der Waals surface area contributed by atoms with Crippen LogP contribution in [-0.4, -0.2) is 54.8 Å². The van der Waals surface area contributed by atoms with Gasteiger partial charge in [0.2, 0.25) is 5.91 Å².